The van der Waals surface area contributed by atoms with Crippen molar-refractivity contribution >= 4 is 22.9 Å². The normalized spacial score (nSPS) is 17.6. The highest BCUT2D eigenvalue weighted by atomic mass is 32.1. The number of H-pyrrole nitrogens is 1. The standard InChI is InChI=1S/C17H19N5O2S/c1-9-6-14-19-13(7-15(23)22(14)20-9)12-4-5-21(8-12)17(24)16-10(2)18-11(3)25-16/h6-7,12,20H,4-5,8H2,1-3H3/t12-/m1/s1. The first-order chi connectivity index (χ1) is 11.9. The average molecular weight is 357 g/mol. The summed E-state index contributed by atoms with van der Waals surface area (Å²) in [6.45, 7) is 6.93. The van der Waals surface area contributed by atoms with Gasteiger partial charge in [0.25, 0.3) is 11.5 Å². The number of amides is 1. The van der Waals surface area contributed by atoms with Crippen LogP contribution in [0.3, 0.4) is 0 Å². The van der Waals surface area contributed by atoms with Gasteiger partial charge in [-0.3, -0.25) is 14.7 Å². The third-order valence-electron chi connectivity index (χ3n) is 4.59. The van der Waals surface area contributed by atoms with Gasteiger partial charge in [-0.15, -0.1) is 11.3 Å². The molecule has 4 heterocycles. The molecule has 0 radical (unpaired) electrons. The molecule has 1 aliphatic heterocycles. The molecule has 3 aromatic heterocycles. The first-order valence-corrected chi connectivity index (χ1v) is 9.06. The second-order valence-electron chi connectivity index (χ2n) is 6.54. The molecule has 4 rings (SSSR count). The predicted molar refractivity (Wildman–Crippen MR) is 95.4 cm³/mol. The molecule has 0 aromatic carbocycles. The molecular formula is C17H19N5O2S. The molecule has 1 aliphatic rings. The molecular weight excluding hydrogens is 338 g/mol. The lowest BCUT2D eigenvalue weighted by molar-refractivity contribution is 0.0794. The number of carbonyl (C=O) groups is 1. The fourth-order valence-corrected chi connectivity index (χ4v) is 4.29. The van der Waals surface area contributed by atoms with Gasteiger partial charge in [0, 0.05) is 36.8 Å². The van der Waals surface area contributed by atoms with E-state index in [2.05, 4.69) is 15.1 Å². The van der Waals surface area contributed by atoms with Crippen molar-refractivity contribution in [2.45, 2.75) is 33.1 Å². The predicted octanol–water partition coefficient (Wildman–Crippen LogP) is 2.03. The van der Waals surface area contributed by atoms with E-state index in [0.717, 1.165) is 28.5 Å². The molecule has 1 N–H and O–H groups in total. The number of likely N-dealkylation sites (tertiary alicyclic amines) is 1. The van der Waals surface area contributed by atoms with E-state index < -0.39 is 0 Å². The molecule has 8 heteroatoms. The van der Waals surface area contributed by atoms with E-state index in [9.17, 15) is 9.59 Å². The molecule has 0 saturated carbocycles. The minimum absolute atomic E-state index is 0.0286. The van der Waals surface area contributed by atoms with Crippen molar-refractivity contribution in [2.24, 2.45) is 0 Å². The van der Waals surface area contributed by atoms with Crippen molar-refractivity contribution in [3.63, 3.8) is 0 Å². The van der Waals surface area contributed by atoms with Crippen molar-refractivity contribution in [3.05, 3.63) is 49.5 Å². The zero-order valence-corrected chi connectivity index (χ0v) is 15.2. The Kier molecular flexibility index (Phi) is 3.72. The van der Waals surface area contributed by atoms with E-state index >= 15 is 0 Å². The molecule has 1 amide bonds. The van der Waals surface area contributed by atoms with Crippen LogP contribution in [-0.4, -0.2) is 43.5 Å². The smallest absolute Gasteiger partial charge is 0.272 e. The topological polar surface area (TPSA) is 83.4 Å². The fourth-order valence-electron chi connectivity index (χ4n) is 3.40. The molecule has 7 nitrogen and oxygen atoms in total. The Bertz CT molecular complexity index is 1030. The van der Waals surface area contributed by atoms with Crippen molar-refractivity contribution in [3.8, 4) is 0 Å². The lowest BCUT2D eigenvalue weighted by Crippen LogP contribution is -2.28. The lowest BCUT2D eigenvalue weighted by Gasteiger charge is -2.15. The number of carbonyl (C=O) groups excluding carboxylic acids is 1. The van der Waals surface area contributed by atoms with E-state index in [-0.39, 0.29) is 17.4 Å². The van der Waals surface area contributed by atoms with Crippen LogP contribution in [0.5, 0.6) is 0 Å². The van der Waals surface area contributed by atoms with Crippen LogP contribution < -0.4 is 5.56 Å². The van der Waals surface area contributed by atoms with Crippen LogP contribution in [0, 0.1) is 20.8 Å². The Hall–Kier alpha value is -2.48. The van der Waals surface area contributed by atoms with Crippen LogP contribution >= 0.6 is 11.3 Å². The van der Waals surface area contributed by atoms with E-state index in [0.29, 0.717) is 23.6 Å². The summed E-state index contributed by atoms with van der Waals surface area (Å²) in [6.07, 6.45) is 0.814. The lowest BCUT2D eigenvalue weighted by atomic mass is 10.0. The van der Waals surface area contributed by atoms with E-state index in [1.165, 1.54) is 15.9 Å². The Balaban J connectivity index is 1.59. The van der Waals surface area contributed by atoms with Gasteiger partial charge >= 0.3 is 0 Å². The molecule has 0 unspecified atom stereocenters. The Morgan fingerprint density at radius 2 is 2.08 bits per heavy atom. The molecule has 130 valence electrons. The molecule has 0 bridgehead atoms. The van der Waals surface area contributed by atoms with Crippen LogP contribution in [0.2, 0.25) is 0 Å². The van der Waals surface area contributed by atoms with Gasteiger partial charge in [-0.2, -0.15) is 0 Å². The molecule has 0 spiro atoms. The number of fused-ring (bicyclic) bond motifs is 1. The minimum atomic E-state index is -0.119. The van der Waals surface area contributed by atoms with Gasteiger partial charge in [-0.25, -0.2) is 14.5 Å². The van der Waals surface area contributed by atoms with Crippen LogP contribution in [0.4, 0.5) is 0 Å². The number of nitrogens with zero attached hydrogens (tertiary/aromatic N) is 4. The summed E-state index contributed by atoms with van der Waals surface area (Å²) in [5, 5.41) is 3.88. The molecule has 3 aromatic rings. The zero-order chi connectivity index (χ0) is 17.7. The summed E-state index contributed by atoms with van der Waals surface area (Å²) >= 11 is 1.44. The molecule has 1 atom stereocenters. The maximum atomic E-state index is 12.7. The average Bonchev–Trinajstić information content (AvgIpc) is 3.24. The maximum Gasteiger partial charge on any atom is 0.272 e. The van der Waals surface area contributed by atoms with Crippen LogP contribution in [0.25, 0.3) is 5.65 Å². The molecule has 1 saturated heterocycles. The quantitative estimate of drug-likeness (QED) is 0.761. The van der Waals surface area contributed by atoms with Gasteiger partial charge in [0.1, 0.15) is 4.88 Å². The van der Waals surface area contributed by atoms with Crippen molar-refractivity contribution in [1.82, 2.24) is 24.5 Å². The third kappa shape index (κ3) is 2.76. The van der Waals surface area contributed by atoms with Gasteiger partial charge in [0.15, 0.2) is 5.65 Å². The largest absolute Gasteiger partial charge is 0.337 e. The first-order valence-electron chi connectivity index (χ1n) is 8.25. The molecule has 25 heavy (non-hydrogen) atoms. The number of hydrogen-bond donors (Lipinski definition) is 1. The first kappa shape index (κ1) is 16.0. The summed E-state index contributed by atoms with van der Waals surface area (Å²) in [7, 11) is 0. The minimum Gasteiger partial charge on any atom is -0.337 e. The van der Waals surface area contributed by atoms with Crippen molar-refractivity contribution in [2.75, 3.05) is 13.1 Å². The Morgan fingerprint density at radius 3 is 2.80 bits per heavy atom. The maximum absolute atomic E-state index is 12.7. The molecule has 0 aliphatic carbocycles. The summed E-state index contributed by atoms with van der Waals surface area (Å²) in [4.78, 5) is 36.5. The van der Waals surface area contributed by atoms with E-state index in [1.54, 1.807) is 6.07 Å². The Morgan fingerprint density at radius 1 is 1.28 bits per heavy atom. The number of thiazole rings is 1. The van der Waals surface area contributed by atoms with Gasteiger partial charge in [-0.05, 0) is 27.2 Å². The van der Waals surface area contributed by atoms with Crippen LogP contribution in [0.15, 0.2) is 16.9 Å². The Labute approximate surface area is 148 Å². The van der Waals surface area contributed by atoms with Crippen LogP contribution in [0.1, 0.15) is 44.1 Å². The van der Waals surface area contributed by atoms with Gasteiger partial charge in [0.05, 0.1) is 16.4 Å². The zero-order valence-electron chi connectivity index (χ0n) is 14.4. The second kappa shape index (κ2) is 5.80. The van der Waals surface area contributed by atoms with E-state index in [4.69, 9.17) is 0 Å². The number of hydrogen-bond acceptors (Lipinski definition) is 5. The third-order valence-corrected chi connectivity index (χ3v) is 5.65. The van der Waals surface area contributed by atoms with Gasteiger partial charge in [0.2, 0.25) is 0 Å². The fraction of sp³-hybridized carbons (Fsp3) is 0.412. The number of rotatable bonds is 2. The van der Waals surface area contributed by atoms with Crippen LogP contribution in [-0.2, 0) is 0 Å². The van der Waals surface area contributed by atoms with Gasteiger partial charge < -0.3 is 4.90 Å². The van der Waals surface area contributed by atoms with Crippen molar-refractivity contribution < 1.29 is 4.79 Å². The summed E-state index contributed by atoms with van der Waals surface area (Å²) in [5.41, 5.74) is 2.94. The highest BCUT2D eigenvalue weighted by molar-refractivity contribution is 7.13. The highest BCUT2D eigenvalue weighted by Gasteiger charge is 2.31. The molecule has 1 fully saturated rings. The monoisotopic (exact) mass is 357 g/mol. The van der Waals surface area contributed by atoms with Gasteiger partial charge in [-0.1, -0.05) is 0 Å². The number of aryl methyl sites for hydroxylation is 3. The van der Waals surface area contributed by atoms with Crippen molar-refractivity contribution in [1.29, 1.82) is 0 Å². The van der Waals surface area contributed by atoms with E-state index in [1.807, 2.05) is 31.7 Å². The number of nitrogens with one attached hydrogen (secondary N) is 1. The summed E-state index contributed by atoms with van der Waals surface area (Å²) in [5.74, 6) is 0.118. The highest BCUT2D eigenvalue weighted by Crippen LogP contribution is 2.28. The summed E-state index contributed by atoms with van der Waals surface area (Å²) in [6, 6.07) is 3.43. The number of aromatic nitrogens is 4. The summed E-state index contributed by atoms with van der Waals surface area (Å²) < 4.78 is 1.44. The number of aromatic amines is 1. The second-order valence-corrected chi connectivity index (χ2v) is 7.74. The SMILES string of the molecule is Cc1cc2nc([C@@H]3CCN(C(=O)c4sc(C)nc4C)C3)cc(=O)n2[nH]1.